The van der Waals surface area contributed by atoms with Crippen molar-refractivity contribution in [1.82, 2.24) is 14.6 Å². The third kappa shape index (κ3) is 2.43. The van der Waals surface area contributed by atoms with E-state index in [1.165, 1.54) is 56.0 Å². The van der Waals surface area contributed by atoms with Crippen LogP contribution >= 0.6 is 0 Å². The summed E-state index contributed by atoms with van der Waals surface area (Å²) in [5.74, 6) is 1.04. The number of rotatable bonds is 3. The lowest BCUT2D eigenvalue weighted by atomic mass is 9.72. The molecule has 0 atom stereocenters. The van der Waals surface area contributed by atoms with E-state index in [0.717, 1.165) is 28.2 Å². The van der Waals surface area contributed by atoms with Crippen LogP contribution in [0.5, 0.6) is 0 Å². The lowest BCUT2D eigenvalue weighted by molar-refractivity contribution is -0.605. The number of hydrogen-bond donors (Lipinski definition) is 1. The zero-order valence-electron chi connectivity index (χ0n) is 14.8. The number of anilines is 1. The fourth-order valence-electron chi connectivity index (χ4n) is 4.82. The Kier molecular flexibility index (Phi) is 3.58. The normalized spacial score (nSPS) is 18.3. The molecule has 5 rings (SSSR count). The van der Waals surface area contributed by atoms with E-state index < -0.39 is 0 Å². The summed E-state index contributed by atoms with van der Waals surface area (Å²) >= 11 is 0. The molecule has 134 valence electrons. The summed E-state index contributed by atoms with van der Waals surface area (Å²) in [6.45, 7) is 0.599. The zero-order valence-corrected chi connectivity index (χ0v) is 14.8. The third-order valence-corrected chi connectivity index (χ3v) is 6.10. The van der Waals surface area contributed by atoms with Crippen LogP contribution in [0.1, 0.15) is 55.3 Å². The first-order chi connectivity index (χ1) is 12.8. The molecular weight excluding hydrogens is 326 g/mol. The highest BCUT2D eigenvalue weighted by Crippen LogP contribution is 2.49. The van der Waals surface area contributed by atoms with Crippen LogP contribution in [0.25, 0.3) is 5.65 Å². The Bertz CT molecular complexity index is 958. The van der Waals surface area contributed by atoms with Gasteiger partial charge in [-0.15, -0.1) is 0 Å². The van der Waals surface area contributed by atoms with Gasteiger partial charge in [0.1, 0.15) is 5.82 Å². The van der Waals surface area contributed by atoms with Gasteiger partial charge in [-0.2, -0.15) is 14.3 Å². The molecule has 0 saturated heterocycles. The van der Waals surface area contributed by atoms with Gasteiger partial charge in [0.15, 0.2) is 18.0 Å². The maximum atomic E-state index is 11.5. The predicted octanol–water partition coefficient (Wildman–Crippen LogP) is 3.12. The SMILES string of the molecule is [O-][n+]1cccc(CNc2c3c(nc4ccnn24)C2(CCCCC2)CC3)c1. The second kappa shape index (κ2) is 5.97. The molecule has 0 aromatic carbocycles. The quantitative estimate of drug-likeness (QED) is 0.583. The van der Waals surface area contributed by atoms with Crippen molar-refractivity contribution in [3.05, 3.63) is 58.8 Å². The van der Waals surface area contributed by atoms with Gasteiger partial charge in [-0.1, -0.05) is 19.3 Å². The summed E-state index contributed by atoms with van der Waals surface area (Å²) in [4.78, 5) is 5.03. The summed E-state index contributed by atoms with van der Waals surface area (Å²) in [6.07, 6.45) is 13.6. The van der Waals surface area contributed by atoms with E-state index in [2.05, 4.69) is 10.4 Å². The molecule has 1 N–H and O–H groups in total. The molecule has 26 heavy (non-hydrogen) atoms. The van der Waals surface area contributed by atoms with Gasteiger partial charge in [0, 0.05) is 35.2 Å². The van der Waals surface area contributed by atoms with Gasteiger partial charge in [-0.25, -0.2) is 4.98 Å². The van der Waals surface area contributed by atoms with E-state index in [4.69, 9.17) is 4.98 Å². The van der Waals surface area contributed by atoms with Gasteiger partial charge in [0.25, 0.3) is 0 Å². The van der Waals surface area contributed by atoms with Gasteiger partial charge >= 0.3 is 0 Å². The lowest BCUT2D eigenvalue weighted by Crippen LogP contribution is -2.27. The fourth-order valence-corrected chi connectivity index (χ4v) is 4.82. The van der Waals surface area contributed by atoms with E-state index in [1.54, 1.807) is 12.3 Å². The van der Waals surface area contributed by atoms with Crippen LogP contribution in [0.3, 0.4) is 0 Å². The van der Waals surface area contributed by atoms with Crippen molar-refractivity contribution in [3.8, 4) is 0 Å². The lowest BCUT2D eigenvalue weighted by Gasteiger charge is -2.33. The molecule has 2 aliphatic rings. The van der Waals surface area contributed by atoms with Crippen LogP contribution in [-0.4, -0.2) is 14.6 Å². The van der Waals surface area contributed by atoms with Crippen molar-refractivity contribution in [2.75, 3.05) is 5.32 Å². The molecule has 0 radical (unpaired) electrons. The van der Waals surface area contributed by atoms with E-state index >= 15 is 0 Å². The molecule has 3 aromatic heterocycles. The van der Waals surface area contributed by atoms with E-state index in [-0.39, 0.29) is 5.41 Å². The molecule has 0 aliphatic heterocycles. The van der Waals surface area contributed by atoms with Crippen molar-refractivity contribution >= 4 is 11.5 Å². The van der Waals surface area contributed by atoms with Crippen LogP contribution in [-0.2, 0) is 18.4 Å². The van der Waals surface area contributed by atoms with Gasteiger partial charge in [-0.05, 0) is 31.7 Å². The van der Waals surface area contributed by atoms with E-state index in [1.807, 2.05) is 22.8 Å². The first-order valence-corrected chi connectivity index (χ1v) is 9.54. The Morgan fingerprint density at radius 2 is 2.08 bits per heavy atom. The van der Waals surface area contributed by atoms with Crippen molar-refractivity contribution < 1.29 is 4.73 Å². The van der Waals surface area contributed by atoms with Gasteiger partial charge in [-0.3, -0.25) is 0 Å². The Morgan fingerprint density at radius 3 is 2.92 bits per heavy atom. The summed E-state index contributed by atoms with van der Waals surface area (Å²) in [6, 6.07) is 5.72. The highest BCUT2D eigenvalue weighted by atomic mass is 16.5. The fraction of sp³-hybridized carbons (Fsp3) is 0.450. The Balaban J connectivity index is 1.56. The average molecular weight is 349 g/mol. The van der Waals surface area contributed by atoms with Crippen LogP contribution in [0.2, 0.25) is 0 Å². The number of nitrogens with zero attached hydrogens (tertiary/aromatic N) is 4. The second-order valence-electron chi connectivity index (χ2n) is 7.66. The minimum atomic E-state index is 0.265. The topological polar surface area (TPSA) is 69.2 Å². The molecule has 1 spiro atoms. The van der Waals surface area contributed by atoms with Crippen molar-refractivity contribution in [2.45, 2.75) is 56.9 Å². The molecule has 0 amide bonds. The second-order valence-corrected chi connectivity index (χ2v) is 7.66. The van der Waals surface area contributed by atoms with Crippen LogP contribution in [0.4, 0.5) is 5.82 Å². The molecule has 0 unspecified atom stereocenters. The third-order valence-electron chi connectivity index (χ3n) is 6.10. The van der Waals surface area contributed by atoms with Crippen LogP contribution < -0.4 is 10.0 Å². The molecule has 1 saturated carbocycles. The minimum Gasteiger partial charge on any atom is -0.619 e. The van der Waals surface area contributed by atoms with Gasteiger partial charge in [0.05, 0.1) is 11.9 Å². The number of pyridine rings is 1. The predicted molar refractivity (Wildman–Crippen MR) is 98.8 cm³/mol. The smallest absolute Gasteiger partial charge is 0.185 e. The van der Waals surface area contributed by atoms with Crippen LogP contribution in [0, 0.1) is 5.21 Å². The standard InChI is InChI=1S/C20H23N5O/c26-24-12-4-5-15(14-24)13-21-19-16-6-10-20(8-2-1-3-9-20)18(16)23-17-7-11-22-25(17)19/h4-5,7,11-12,14,21H,1-3,6,8-10,13H2. The highest BCUT2D eigenvalue weighted by Gasteiger charge is 2.42. The van der Waals surface area contributed by atoms with Crippen molar-refractivity contribution in [3.63, 3.8) is 0 Å². The van der Waals surface area contributed by atoms with Crippen molar-refractivity contribution in [1.29, 1.82) is 0 Å². The molecule has 2 aliphatic carbocycles. The molecule has 1 fully saturated rings. The number of aromatic nitrogens is 4. The maximum absolute atomic E-state index is 11.5. The summed E-state index contributed by atoms with van der Waals surface area (Å²) in [5.41, 5.74) is 4.73. The zero-order chi connectivity index (χ0) is 17.6. The van der Waals surface area contributed by atoms with E-state index in [0.29, 0.717) is 6.54 Å². The Labute approximate surface area is 152 Å². The monoisotopic (exact) mass is 349 g/mol. The molecule has 0 bridgehead atoms. The van der Waals surface area contributed by atoms with Crippen LogP contribution in [0.15, 0.2) is 36.8 Å². The molecule has 3 aromatic rings. The van der Waals surface area contributed by atoms with E-state index in [9.17, 15) is 5.21 Å². The first-order valence-electron chi connectivity index (χ1n) is 9.54. The Hall–Kier alpha value is -2.63. The number of fused-ring (bicyclic) bond motifs is 3. The molecular formula is C20H23N5O. The molecule has 6 nitrogen and oxygen atoms in total. The molecule has 3 heterocycles. The first kappa shape index (κ1) is 15.6. The van der Waals surface area contributed by atoms with Gasteiger partial charge in [0.2, 0.25) is 0 Å². The number of hydrogen-bond acceptors (Lipinski definition) is 4. The highest BCUT2D eigenvalue weighted by molar-refractivity contribution is 5.59. The summed E-state index contributed by atoms with van der Waals surface area (Å²) in [7, 11) is 0. The van der Waals surface area contributed by atoms with Crippen molar-refractivity contribution in [2.24, 2.45) is 0 Å². The largest absolute Gasteiger partial charge is 0.619 e. The molecule has 6 heteroatoms. The number of nitrogens with one attached hydrogen (secondary N) is 1. The maximum Gasteiger partial charge on any atom is 0.185 e. The average Bonchev–Trinajstić information content (AvgIpc) is 3.26. The minimum absolute atomic E-state index is 0.265. The Morgan fingerprint density at radius 1 is 1.19 bits per heavy atom. The summed E-state index contributed by atoms with van der Waals surface area (Å²) < 4.78 is 2.75. The summed E-state index contributed by atoms with van der Waals surface area (Å²) in [5, 5.41) is 19.6. The van der Waals surface area contributed by atoms with Gasteiger partial charge < -0.3 is 10.5 Å².